The van der Waals surface area contributed by atoms with E-state index in [0.29, 0.717) is 21.5 Å². The highest BCUT2D eigenvalue weighted by Crippen LogP contribution is 2.23. The first-order valence-electron chi connectivity index (χ1n) is 5.96. The number of nitrogens with one attached hydrogen (secondary N) is 1. The van der Waals surface area contributed by atoms with E-state index in [4.69, 9.17) is 33.2 Å². The lowest BCUT2D eigenvalue weighted by atomic mass is 10.2. The number of hydrogen-bond acceptors (Lipinski definition) is 3. The highest BCUT2D eigenvalue weighted by molar-refractivity contribution is 6.36. The third-order valence-corrected chi connectivity index (χ3v) is 3.13. The van der Waals surface area contributed by atoms with Gasteiger partial charge in [0, 0.05) is 16.8 Å². The number of anilines is 1. The molecule has 1 amide bonds. The Morgan fingerprint density at radius 3 is 2.81 bits per heavy atom. The standard InChI is InChI=1S/C15H10Cl2N2O2/c16-10-4-5-14(17)13(8-10)15(20)19-11-2-1-3-12(9-11)21-7-6-18/h1-5,8-9H,7H2,(H,19,20). The molecule has 0 aliphatic heterocycles. The van der Waals surface area contributed by atoms with E-state index < -0.39 is 0 Å². The lowest BCUT2D eigenvalue weighted by Crippen LogP contribution is -2.12. The SMILES string of the molecule is N#CCOc1cccc(NC(=O)c2cc(Cl)ccc2Cl)c1. The van der Waals surface area contributed by atoms with Crippen molar-refractivity contribution in [1.29, 1.82) is 5.26 Å². The maximum atomic E-state index is 12.2. The van der Waals surface area contributed by atoms with Crippen LogP contribution in [0.3, 0.4) is 0 Å². The molecule has 2 rings (SSSR count). The molecule has 6 heteroatoms. The van der Waals surface area contributed by atoms with Crippen LogP contribution in [0.5, 0.6) is 5.75 Å². The Labute approximate surface area is 131 Å². The second-order valence-electron chi connectivity index (χ2n) is 4.05. The fourth-order valence-electron chi connectivity index (χ4n) is 1.65. The Kier molecular flexibility index (Phi) is 5.04. The monoisotopic (exact) mass is 320 g/mol. The quantitative estimate of drug-likeness (QED) is 0.920. The Bertz CT molecular complexity index is 711. The third-order valence-electron chi connectivity index (χ3n) is 2.57. The molecule has 0 spiro atoms. The largest absolute Gasteiger partial charge is 0.479 e. The van der Waals surface area contributed by atoms with Gasteiger partial charge in [-0.25, -0.2) is 0 Å². The van der Waals surface area contributed by atoms with Gasteiger partial charge in [-0.2, -0.15) is 5.26 Å². The minimum atomic E-state index is -0.375. The van der Waals surface area contributed by atoms with Crippen molar-refractivity contribution < 1.29 is 9.53 Å². The fourth-order valence-corrected chi connectivity index (χ4v) is 2.02. The molecule has 0 aromatic heterocycles. The number of nitrogens with zero attached hydrogens (tertiary/aromatic N) is 1. The van der Waals surface area contributed by atoms with E-state index in [9.17, 15) is 4.79 Å². The molecular formula is C15H10Cl2N2O2. The molecule has 0 bridgehead atoms. The summed E-state index contributed by atoms with van der Waals surface area (Å²) >= 11 is 11.8. The molecule has 0 unspecified atom stereocenters. The van der Waals surface area contributed by atoms with Crippen molar-refractivity contribution in [3.63, 3.8) is 0 Å². The van der Waals surface area contributed by atoms with Crippen LogP contribution < -0.4 is 10.1 Å². The molecular weight excluding hydrogens is 311 g/mol. The van der Waals surface area contributed by atoms with Crippen LogP contribution >= 0.6 is 23.2 Å². The number of nitriles is 1. The van der Waals surface area contributed by atoms with Gasteiger partial charge >= 0.3 is 0 Å². The van der Waals surface area contributed by atoms with E-state index in [-0.39, 0.29) is 18.1 Å². The molecule has 4 nitrogen and oxygen atoms in total. The Morgan fingerprint density at radius 2 is 2.05 bits per heavy atom. The first-order chi connectivity index (χ1) is 10.1. The van der Waals surface area contributed by atoms with E-state index >= 15 is 0 Å². The number of carbonyl (C=O) groups is 1. The molecule has 0 radical (unpaired) electrons. The molecule has 0 aliphatic rings. The summed E-state index contributed by atoms with van der Waals surface area (Å²) in [5, 5.41) is 11.9. The van der Waals surface area contributed by atoms with Gasteiger partial charge in [-0.15, -0.1) is 0 Å². The zero-order valence-corrected chi connectivity index (χ0v) is 12.3. The molecule has 0 heterocycles. The van der Waals surface area contributed by atoms with Crippen LogP contribution in [0.2, 0.25) is 10.0 Å². The van der Waals surface area contributed by atoms with E-state index in [1.165, 1.54) is 6.07 Å². The zero-order chi connectivity index (χ0) is 15.2. The van der Waals surface area contributed by atoms with E-state index in [2.05, 4.69) is 5.32 Å². The smallest absolute Gasteiger partial charge is 0.257 e. The topological polar surface area (TPSA) is 62.1 Å². The van der Waals surface area contributed by atoms with Crippen molar-refractivity contribution in [1.82, 2.24) is 0 Å². The molecule has 21 heavy (non-hydrogen) atoms. The van der Waals surface area contributed by atoms with Gasteiger partial charge in [0.05, 0.1) is 10.6 Å². The summed E-state index contributed by atoms with van der Waals surface area (Å²) in [6.07, 6.45) is 0. The second kappa shape index (κ2) is 6.98. The van der Waals surface area contributed by atoms with Crippen LogP contribution in [0.1, 0.15) is 10.4 Å². The van der Waals surface area contributed by atoms with Crippen molar-refractivity contribution >= 4 is 34.8 Å². The molecule has 2 aromatic carbocycles. The van der Waals surface area contributed by atoms with Crippen LogP contribution in [-0.4, -0.2) is 12.5 Å². The molecule has 0 saturated carbocycles. The van der Waals surface area contributed by atoms with Gasteiger partial charge in [0.25, 0.3) is 5.91 Å². The number of carbonyl (C=O) groups excluding carboxylic acids is 1. The number of rotatable bonds is 4. The molecule has 0 fully saturated rings. The molecule has 1 N–H and O–H groups in total. The Hall–Kier alpha value is -2.22. The highest BCUT2D eigenvalue weighted by Gasteiger charge is 2.11. The van der Waals surface area contributed by atoms with Crippen LogP contribution in [0.15, 0.2) is 42.5 Å². The van der Waals surface area contributed by atoms with Gasteiger partial charge in [0.2, 0.25) is 0 Å². The van der Waals surface area contributed by atoms with E-state index in [1.807, 2.05) is 6.07 Å². The van der Waals surface area contributed by atoms with Gasteiger partial charge in [0.1, 0.15) is 11.8 Å². The Balaban J connectivity index is 2.16. The summed E-state index contributed by atoms with van der Waals surface area (Å²) in [4.78, 5) is 12.2. The molecule has 106 valence electrons. The molecule has 2 aromatic rings. The normalized spacial score (nSPS) is 9.76. The van der Waals surface area contributed by atoms with Crippen molar-refractivity contribution in [3.05, 3.63) is 58.1 Å². The maximum absolute atomic E-state index is 12.2. The van der Waals surface area contributed by atoms with Crippen LogP contribution in [0.4, 0.5) is 5.69 Å². The van der Waals surface area contributed by atoms with Crippen molar-refractivity contribution in [2.45, 2.75) is 0 Å². The van der Waals surface area contributed by atoms with Gasteiger partial charge in [0.15, 0.2) is 6.61 Å². The third kappa shape index (κ3) is 4.12. The summed E-state index contributed by atoms with van der Waals surface area (Å²) in [7, 11) is 0. The highest BCUT2D eigenvalue weighted by atomic mass is 35.5. The lowest BCUT2D eigenvalue weighted by Gasteiger charge is -2.09. The summed E-state index contributed by atoms with van der Waals surface area (Å²) < 4.78 is 5.17. The van der Waals surface area contributed by atoms with Crippen molar-refractivity contribution in [2.24, 2.45) is 0 Å². The fraction of sp³-hybridized carbons (Fsp3) is 0.0667. The molecule has 0 saturated heterocycles. The average molecular weight is 321 g/mol. The number of hydrogen-bond donors (Lipinski definition) is 1. The van der Waals surface area contributed by atoms with Gasteiger partial charge in [-0.05, 0) is 30.3 Å². The zero-order valence-electron chi connectivity index (χ0n) is 10.8. The first-order valence-corrected chi connectivity index (χ1v) is 6.72. The van der Waals surface area contributed by atoms with Crippen LogP contribution in [0, 0.1) is 11.3 Å². The van der Waals surface area contributed by atoms with Gasteiger partial charge in [-0.3, -0.25) is 4.79 Å². The predicted octanol–water partition coefficient (Wildman–Crippen LogP) is 4.15. The van der Waals surface area contributed by atoms with Crippen molar-refractivity contribution in [3.8, 4) is 11.8 Å². The van der Waals surface area contributed by atoms with E-state index in [1.54, 1.807) is 36.4 Å². The van der Waals surface area contributed by atoms with Crippen LogP contribution in [-0.2, 0) is 0 Å². The van der Waals surface area contributed by atoms with Gasteiger partial charge < -0.3 is 10.1 Å². The number of halogens is 2. The summed E-state index contributed by atoms with van der Waals surface area (Å²) in [6, 6.07) is 13.3. The molecule has 0 aliphatic carbocycles. The molecule has 0 atom stereocenters. The number of benzene rings is 2. The lowest BCUT2D eigenvalue weighted by molar-refractivity contribution is 0.102. The maximum Gasteiger partial charge on any atom is 0.257 e. The summed E-state index contributed by atoms with van der Waals surface area (Å²) in [5.41, 5.74) is 0.819. The minimum absolute atomic E-state index is 0.0580. The van der Waals surface area contributed by atoms with E-state index in [0.717, 1.165) is 0 Å². The Morgan fingerprint density at radius 1 is 1.24 bits per heavy atom. The average Bonchev–Trinajstić information content (AvgIpc) is 2.48. The van der Waals surface area contributed by atoms with Crippen molar-refractivity contribution in [2.75, 3.05) is 11.9 Å². The van der Waals surface area contributed by atoms with Crippen LogP contribution in [0.25, 0.3) is 0 Å². The minimum Gasteiger partial charge on any atom is -0.479 e. The second-order valence-corrected chi connectivity index (χ2v) is 4.90. The van der Waals surface area contributed by atoms with Gasteiger partial charge in [-0.1, -0.05) is 29.3 Å². The summed E-state index contributed by atoms with van der Waals surface area (Å²) in [6.45, 7) is -0.0580. The predicted molar refractivity (Wildman–Crippen MR) is 82.0 cm³/mol. The number of ether oxygens (including phenoxy) is 1. The number of amides is 1. The summed E-state index contributed by atoms with van der Waals surface area (Å²) in [5.74, 6) is 0.117. The first kappa shape index (κ1) is 15.2.